The molecule has 1 aromatic carbocycles. The van der Waals surface area contributed by atoms with Crippen molar-refractivity contribution in [2.75, 3.05) is 19.6 Å². The van der Waals surface area contributed by atoms with E-state index < -0.39 is 0 Å². The first-order valence-electron chi connectivity index (χ1n) is 9.40. The number of H-pyrrole nitrogens is 1. The number of aromatic nitrogens is 4. The number of hydrogen-bond acceptors (Lipinski definition) is 4. The van der Waals surface area contributed by atoms with Gasteiger partial charge >= 0.3 is 5.69 Å². The Morgan fingerprint density at radius 2 is 2.00 bits per heavy atom. The van der Waals surface area contributed by atoms with Gasteiger partial charge in [0.05, 0.1) is 5.69 Å². The predicted octanol–water partition coefficient (Wildman–Crippen LogP) is 0.886. The summed E-state index contributed by atoms with van der Waals surface area (Å²) in [5, 5.41) is 4.05. The molecule has 2 aromatic heterocycles. The normalized spacial score (nSPS) is 16.8. The molecule has 1 saturated heterocycles. The zero-order valence-corrected chi connectivity index (χ0v) is 16.3. The van der Waals surface area contributed by atoms with Crippen LogP contribution in [0.15, 0.2) is 53.7 Å². The highest BCUT2D eigenvalue weighted by atomic mass is 16.2. The van der Waals surface area contributed by atoms with E-state index in [0.717, 1.165) is 0 Å². The Morgan fingerprint density at radius 3 is 2.66 bits per heavy atom. The number of hydrogen-bond donors (Lipinski definition) is 1. The third kappa shape index (κ3) is 3.46. The fraction of sp³-hybridized carbons (Fsp3) is 0.300. The van der Waals surface area contributed by atoms with Crippen LogP contribution in [0.2, 0.25) is 0 Å². The number of amides is 2. The molecule has 3 heterocycles. The van der Waals surface area contributed by atoms with Gasteiger partial charge in [0.25, 0.3) is 11.8 Å². The Labute approximate surface area is 167 Å². The quantitative estimate of drug-likeness (QED) is 0.713. The summed E-state index contributed by atoms with van der Waals surface area (Å²) in [7, 11) is 1.74. The van der Waals surface area contributed by atoms with E-state index in [1.165, 1.54) is 4.57 Å². The highest BCUT2D eigenvalue weighted by molar-refractivity contribution is 5.96. The number of imidazole rings is 1. The summed E-state index contributed by atoms with van der Waals surface area (Å²) in [5.74, 6) is -0.201. The van der Waals surface area contributed by atoms with Crippen LogP contribution < -0.4 is 5.69 Å². The van der Waals surface area contributed by atoms with Gasteiger partial charge in [0, 0.05) is 56.9 Å². The second-order valence-corrected chi connectivity index (χ2v) is 7.12. The summed E-state index contributed by atoms with van der Waals surface area (Å²) in [5.41, 5.74) is 1.40. The molecule has 1 aliphatic heterocycles. The number of nitrogens with zero attached hydrogens (tertiary/aromatic N) is 5. The molecular formula is C20H22N6O3. The predicted molar refractivity (Wildman–Crippen MR) is 106 cm³/mol. The number of carbonyl (C=O) groups excluding carboxylic acids is 2. The Hall–Kier alpha value is -3.62. The smallest absolute Gasteiger partial charge is 0.330 e. The van der Waals surface area contributed by atoms with Gasteiger partial charge in [-0.05, 0) is 31.2 Å². The van der Waals surface area contributed by atoms with Crippen LogP contribution in [0.5, 0.6) is 0 Å². The molecule has 0 saturated carbocycles. The minimum absolute atomic E-state index is 0.0854. The number of nitrogens with one attached hydrogen (secondary N) is 1. The lowest BCUT2D eigenvalue weighted by molar-refractivity contribution is 0.0409. The van der Waals surface area contributed by atoms with Crippen LogP contribution in [0.4, 0.5) is 0 Å². The molecule has 4 rings (SSSR count). The SMILES string of the molecule is CC1CN(C(=O)c2ccnn2C)CCN1C(=O)c1cccc(-n2cc[nH]c2=O)c1. The van der Waals surface area contributed by atoms with Gasteiger partial charge in [0.1, 0.15) is 5.69 Å². The van der Waals surface area contributed by atoms with Crippen molar-refractivity contribution < 1.29 is 9.59 Å². The van der Waals surface area contributed by atoms with Gasteiger partial charge in [-0.3, -0.25) is 18.8 Å². The van der Waals surface area contributed by atoms with E-state index in [9.17, 15) is 14.4 Å². The topological polar surface area (TPSA) is 96.2 Å². The van der Waals surface area contributed by atoms with Gasteiger partial charge in [-0.25, -0.2) is 4.79 Å². The zero-order valence-electron chi connectivity index (χ0n) is 16.3. The fourth-order valence-corrected chi connectivity index (χ4v) is 3.67. The Morgan fingerprint density at radius 1 is 1.17 bits per heavy atom. The van der Waals surface area contributed by atoms with Crippen LogP contribution in [-0.4, -0.2) is 66.6 Å². The Bertz CT molecular complexity index is 1110. The number of benzene rings is 1. The van der Waals surface area contributed by atoms with Crippen LogP contribution in [0.3, 0.4) is 0 Å². The van der Waals surface area contributed by atoms with Crippen molar-refractivity contribution in [1.82, 2.24) is 29.1 Å². The number of piperazine rings is 1. The van der Waals surface area contributed by atoms with Crippen molar-refractivity contribution in [1.29, 1.82) is 0 Å². The first-order chi connectivity index (χ1) is 14.0. The highest BCUT2D eigenvalue weighted by Gasteiger charge is 2.31. The van der Waals surface area contributed by atoms with E-state index in [2.05, 4.69) is 10.1 Å². The lowest BCUT2D eigenvalue weighted by Gasteiger charge is -2.39. The lowest BCUT2D eigenvalue weighted by Crippen LogP contribution is -2.55. The monoisotopic (exact) mass is 394 g/mol. The summed E-state index contributed by atoms with van der Waals surface area (Å²) in [4.78, 5) is 43.7. The number of rotatable bonds is 3. The minimum Gasteiger partial charge on any atom is -0.333 e. The van der Waals surface area contributed by atoms with E-state index in [1.54, 1.807) is 70.5 Å². The average Bonchev–Trinajstić information content (AvgIpc) is 3.35. The van der Waals surface area contributed by atoms with Crippen molar-refractivity contribution >= 4 is 11.8 Å². The molecule has 2 amide bonds. The van der Waals surface area contributed by atoms with E-state index >= 15 is 0 Å². The van der Waals surface area contributed by atoms with Gasteiger partial charge in [0.2, 0.25) is 0 Å². The maximum Gasteiger partial charge on any atom is 0.330 e. The van der Waals surface area contributed by atoms with Gasteiger partial charge < -0.3 is 14.8 Å². The van der Waals surface area contributed by atoms with E-state index in [0.29, 0.717) is 36.6 Å². The summed E-state index contributed by atoms with van der Waals surface area (Å²) in [6, 6.07) is 8.54. The maximum absolute atomic E-state index is 13.1. The van der Waals surface area contributed by atoms with Crippen molar-refractivity contribution in [2.24, 2.45) is 7.05 Å². The molecule has 3 aromatic rings. The minimum atomic E-state index is -0.259. The molecule has 9 heteroatoms. The Balaban J connectivity index is 1.50. The summed E-state index contributed by atoms with van der Waals surface area (Å²) >= 11 is 0. The van der Waals surface area contributed by atoms with Crippen LogP contribution in [-0.2, 0) is 7.05 Å². The van der Waals surface area contributed by atoms with Crippen LogP contribution in [0.25, 0.3) is 5.69 Å². The molecule has 1 unspecified atom stereocenters. The van der Waals surface area contributed by atoms with Crippen LogP contribution >= 0.6 is 0 Å². The fourth-order valence-electron chi connectivity index (χ4n) is 3.67. The van der Waals surface area contributed by atoms with Crippen molar-refractivity contribution in [3.05, 3.63) is 70.7 Å². The second kappa shape index (κ2) is 7.42. The highest BCUT2D eigenvalue weighted by Crippen LogP contribution is 2.18. The molecule has 1 N–H and O–H groups in total. The maximum atomic E-state index is 13.1. The first kappa shape index (κ1) is 18.7. The Kier molecular flexibility index (Phi) is 4.79. The van der Waals surface area contributed by atoms with E-state index in [1.807, 2.05) is 6.92 Å². The summed E-state index contributed by atoms with van der Waals surface area (Å²) < 4.78 is 3.00. The van der Waals surface area contributed by atoms with Gasteiger partial charge in [-0.2, -0.15) is 5.10 Å². The standard InChI is InChI=1S/C20H22N6O3/c1-14-13-24(19(28)17-6-7-22-23(17)2)10-11-25(14)18(27)15-4-3-5-16(12-15)26-9-8-21-20(26)29/h3-9,12,14H,10-11,13H2,1-2H3,(H,21,29). The third-order valence-electron chi connectivity index (χ3n) is 5.24. The molecule has 0 aliphatic carbocycles. The van der Waals surface area contributed by atoms with Gasteiger partial charge in [-0.15, -0.1) is 0 Å². The molecule has 9 nitrogen and oxygen atoms in total. The molecule has 29 heavy (non-hydrogen) atoms. The van der Waals surface area contributed by atoms with Crippen molar-refractivity contribution in [3.63, 3.8) is 0 Å². The lowest BCUT2D eigenvalue weighted by atomic mass is 10.1. The number of carbonyl (C=O) groups is 2. The largest absolute Gasteiger partial charge is 0.333 e. The van der Waals surface area contributed by atoms with Gasteiger partial charge in [-0.1, -0.05) is 6.07 Å². The molecule has 0 bridgehead atoms. The zero-order chi connectivity index (χ0) is 20.5. The molecule has 1 aliphatic rings. The summed E-state index contributed by atoms with van der Waals surface area (Å²) in [6.07, 6.45) is 4.77. The van der Waals surface area contributed by atoms with Crippen molar-refractivity contribution in [3.8, 4) is 5.69 Å². The van der Waals surface area contributed by atoms with Crippen molar-refractivity contribution in [2.45, 2.75) is 13.0 Å². The van der Waals surface area contributed by atoms with Gasteiger partial charge in [0.15, 0.2) is 0 Å². The van der Waals surface area contributed by atoms with E-state index in [4.69, 9.17) is 0 Å². The molecule has 0 radical (unpaired) electrons. The molecule has 0 spiro atoms. The number of aromatic amines is 1. The summed E-state index contributed by atoms with van der Waals surface area (Å²) in [6.45, 7) is 3.28. The molecule has 1 atom stereocenters. The van der Waals surface area contributed by atoms with E-state index in [-0.39, 0.29) is 23.5 Å². The van der Waals surface area contributed by atoms with Crippen LogP contribution in [0, 0.1) is 0 Å². The third-order valence-corrected chi connectivity index (χ3v) is 5.24. The first-order valence-corrected chi connectivity index (χ1v) is 9.40. The average molecular weight is 394 g/mol. The number of aryl methyl sites for hydroxylation is 1. The molecule has 150 valence electrons. The molecule has 1 fully saturated rings. The molecular weight excluding hydrogens is 372 g/mol. The second-order valence-electron chi connectivity index (χ2n) is 7.12. The van der Waals surface area contributed by atoms with Crippen LogP contribution in [0.1, 0.15) is 27.8 Å².